The molecule has 0 aliphatic heterocycles. The lowest BCUT2D eigenvalue weighted by molar-refractivity contribution is 0.256. The number of carbonyl (C=O) groups is 1. The first-order valence-corrected chi connectivity index (χ1v) is 12.1. The van der Waals surface area contributed by atoms with Crippen LogP contribution in [0.15, 0.2) is 20.7 Å². The van der Waals surface area contributed by atoms with Gasteiger partial charge in [-0.1, -0.05) is 32.9 Å². The first kappa shape index (κ1) is 24.7. The van der Waals surface area contributed by atoms with Gasteiger partial charge in [-0.05, 0) is 31.6 Å². The molecule has 1 aromatic carbocycles. The summed E-state index contributed by atoms with van der Waals surface area (Å²) >= 11 is 0. The Morgan fingerprint density at radius 1 is 1.12 bits per heavy atom. The average molecular weight is 484 g/mol. The van der Waals surface area contributed by atoms with E-state index in [4.69, 9.17) is 9.62 Å². The molecule has 0 saturated carbocycles. The number of nitrogens with zero attached hydrogens (tertiary/aromatic N) is 1. The van der Waals surface area contributed by atoms with Crippen molar-refractivity contribution in [2.75, 3.05) is 5.32 Å². The van der Waals surface area contributed by atoms with Crippen molar-refractivity contribution in [3.8, 4) is 0 Å². The first-order valence-electron chi connectivity index (χ1n) is 10.6. The number of halogens is 2. The summed E-state index contributed by atoms with van der Waals surface area (Å²) in [5.74, 6) is -2.08. The molecule has 8 nitrogen and oxygen atoms in total. The third-order valence-electron chi connectivity index (χ3n) is 5.59. The molecule has 1 aliphatic rings. The molecule has 2 aromatic rings. The van der Waals surface area contributed by atoms with E-state index in [1.54, 1.807) is 27.7 Å². The number of nitrogens with one attached hydrogen (secondary N) is 2. The lowest BCUT2D eigenvalue weighted by Crippen LogP contribution is -2.35. The number of aryl methyl sites for hydroxylation is 1. The lowest BCUT2D eigenvalue weighted by Gasteiger charge is -2.23. The van der Waals surface area contributed by atoms with E-state index in [9.17, 15) is 22.0 Å². The van der Waals surface area contributed by atoms with Gasteiger partial charge in [0.2, 0.25) is 5.09 Å². The van der Waals surface area contributed by atoms with Crippen LogP contribution in [0.1, 0.15) is 80.4 Å². The molecule has 3 rings (SSSR count). The largest absolute Gasteiger partial charge is 0.447 e. The van der Waals surface area contributed by atoms with Crippen LogP contribution in [0.3, 0.4) is 0 Å². The van der Waals surface area contributed by atoms with E-state index in [-0.39, 0.29) is 22.4 Å². The summed E-state index contributed by atoms with van der Waals surface area (Å²) < 4.78 is 62.5. The van der Waals surface area contributed by atoms with Crippen LogP contribution in [0, 0.1) is 18.6 Å². The highest BCUT2D eigenvalue weighted by Crippen LogP contribution is 2.38. The SMILES string of the molecule is Cc1c(F)c(C(C)C)c(NC(=O)NS(=O)(=O)c2cc3c(o2)CCC/C3=N/O)c(C(C)C)c1F. The van der Waals surface area contributed by atoms with Gasteiger partial charge in [-0.15, -0.1) is 0 Å². The van der Waals surface area contributed by atoms with Crippen LogP contribution in [-0.4, -0.2) is 25.4 Å². The third-order valence-corrected chi connectivity index (χ3v) is 6.78. The summed E-state index contributed by atoms with van der Waals surface area (Å²) in [5.41, 5.74) is 0.561. The predicted molar refractivity (Wildman–Crippen MR) is 119 cm³/mol. The van der Waals surface area contributed by atoms with Crippen molar-refractivity contribution in [3.05, 3.63) is 45.7 Å². The number of oxime groups is 1. The van der Waals surface area contributed by atoms with Crippen molar-refractivity contribution >= 4 is 27.5 Å². The van der Waals surface area contributed by atoms with Gasteiger partial charge in [0.1, 0.15) is 17.4 Å². The zero-order valence-corrected chi connectivity index (χ0v) is 19.9. The van der Waals surface area contributed by atoms with E-state index < -0.39 is 44.6 Å². The molecule has 3 N–H and O–H groups in total. The van der Waals surface area contributed by atoms with Gasteiger partial charge >= 0.3 is 6.03 Å². The number of hydrogen-bond donors (Lipinski definition) is 3. The molecule has 11 heteroatoms. The van der Waals surface area contributed by atoms with E-state index >= 15 is 0 Å². The molecule has 0 unspecified atom stereocenters. The first-order chi connectivity index (χ1) is 15.4. The maximum absolute atomic E-state index is 14.9. The Hall–Kier alpha value is -2.95. The summed E-state index contributed by atoms with van der Waals surface area (Å²) in [6, 6.07) is -0.00409. The fourth-order valence-electron chi connectivity index (χ4n) is 4.02. The van der Waals surface area contributed by atoms with Gasteiger partial charge in [0, 0.05) is 34.7 Å². The van der Waals surface area contributed by atoms with Crippen molar-refractivity contribution in [3.63, 3.8) is 0 Å². The monoisotopic (exact) mass is 483 g/mol. The van der Waals surface area contributed by atoms with Crippen LogP contribution in [0.5, 0.6) is 0 Å². The number of urea groups is 1. The van der Waals surface area contributed by atoms with Crippen molar-refractivity contribution in [2.24, 2.45) is 5.16 Å². The number of amides is 2. The Labute approximate surface area is 191 Å². The van der Waals surface area contributed by atoms with Crippen LogP contribution in [-0.2, 0) is 16.4 Å². The minimum atomic E-state index is -4.45. The van der Waals surface area contributed by atoms with Gasteiger partial charge in [0.05, 0.1) is 11.4 Å². The molecule has 0 fully saturated rings. The highest BCUT2D eigenvalue weighted by molar-refractivity contribution is 7.89. The Bertz CT molecular complexity index is 1200. The van der Waals surface area contributed by atoms with Crippen LogP contribution < -0.4 is 10.0 Å². The minimum absolute atomic E-state index is 0.0856. The quantitative estimate of drug-likeness (QED) is 0.402. The number of fused-ring (bicyclic) bond motifs is 1. The smallest absolute Gasteiger partial charge is 0.333 e. The molecular formula is C22H27F2N3O5S. The Morgan fingerprint density at radius 2 is 1.70 bits per heavy atom. The van der Waals surface area contributed by atoms with Crippen LogP contribution in [0.2, 0.25) is 0 Å². The molecule has 0 radical (unpaired) electrons. The Kier molecular flexibility index (Phi) is 6.83. The second-order valence-electron chi connectivity index (χ2n) is 8.63. The van der Waals surface area contributed by atoms with Gasteiger partial charge in [0.15, 0.2) is 0 Å². The summed E-state index contributed by atoms with van der Waals surface area (Å²) in [6.45, 7) is 8.07. The highest BCUT2D eigenvalue weighted by Gasteiger charge is 2.30. The summed E-state index contributed by atoms with van der Waals surface area (Å²) in [5, 5.41) is 14.1. The molecule has 0 saturated heterocycles. The van der Waals surface area contributed by atoms with Gasteiger partial charge in [0.25, 0.3) is 10.0 Å². The van der Waals surface area contributed by atoms with E-state index in [1.165, 1.54) is 13.0 Å². The standard InChI is InChI=1S/C22H27F2N3O5S/c1-10(2)17-19(23)12(5)20(24)18(11(3)4)21(17)25-22(28)27-33(30,31)16-9-13-14(26-29)7-6-8-15(13)32-16/h9-11,29H,6-8H2,1-5H3,(H2,25,27,28)/b26-14-. The van der Waals surface area contributed by atoms with Crippen LogP contribution in [0.25, 0.3) is 0 Å². The number of hydrogen-bond acceptors (Lipinski definition) is 6. The maximum atomic E-state index is 14.9. The number of anilines is 1. The third kappa shape index (κ3) is 4.59. The molecule has 0 spiro atoms. The van der Waals surface area contributed by atoms with Gasteiger partial charge < -0.3 is 14.9 Å². The van der Waals surface area contributed by atoms with Gasteiger partial charge in [-0.25, -0.2) is 18.3 Å². The molecule has 1 aliphatic carbocycles. The van der Waals surface area contributed by atoms with E-state index in [2.05, 4.69) is 10.5 Å². The second kappa shape index (κ2) is 9.12. The fraction of sp³-hybridized carbons (Fsp3) is 0.455. The summed E-state index contributed by atoms with van der Waals surface area (Å²) in [6.07, 6.45) is 1.53. The molecular weight excluding hydrogens is 456 g/mol. The predicted octanol–water partition coefficient (Wildman–Crippen LogP) is 5.14. The number of rotatable bonds is 5. The van der Waals surface area contributed by atoms with Crippen LogP contribution in [0.4, 0.5) is 19.3 Å². The summed E-state index contributed by atoms with van der Waals surface area (Å²) in [4.78, 5) is 12.7. The van der Waals surface area contributed by atoms with Crippen molar-refractivity contribution in [1.82, 2.24) is 4.72 Å². The Balaban J connectivity index is 1.97. The molecule has 2 amide bonds. The molecule has 0 atom stereocenters. The normalized spacial score (nSPS) is 15.2. The molecule has 33 heavy (non-hydrogen) atoms. The zero-order chi connectivity index (χ0) is 24.7. The number of furan rings is 1. The number of benzene rings is 1. The zero-order valence-electron chi connectivity index (χ0n) is 19.0. The minimum Gasteiger partial charge on any atom is -0.447 e. The summed E-state index contributed by atoms with van der Waals surface area (Å²) in [7, 11) is -4.45. The van der Waals surface area contributed by atoms with E-state index in [1.807, 2.05) is 4.72 Å². The molecule has 0 bridgehead atoms. The number of carbonyl (C=O) groups excluding carboxylic acids is 1. The molecule has 1 heterocycles. The van der Waals surface area contributed by atoms with E-state index in [0.717, 1.165) is 0 Å². The maximum Gasteiger partial charge on any atom is 0.333 e. The number of sulfonamides is 1. The molecule has 180 valence electrons. The van der Waals surface area contributed by atoms with Crippen LogP contribution >= 0.6 is 0 Å². The fourth-order valence-corrected chi connectivity index (χ4v) is 4.90. The van der Waals surface area contributed by atoms with E-state index in [0.29, 0.717) is 36.3 Å². The van der Waals surface area contributed by atoms with Crippen molar-refractivity contribution in [1.29, 1.82) is 0 Å². The van der Waals surface area contributed by atoms with Crippen molar-refractivity contribution < 1.29 is 31.6 Å². The average Bonchev–Trinajstić information content (AvgIpc) is 3.16. The Morgan fingerprint density at radius 3 is 2.21 bits per heavy atom. The van der Waals surface area contributed by atoms with Gasteiger partial charge in [-0.3, -0.25) is 0 Å². The topological polar surface area (TPSA) is 121 Å². The second-order valence-corrected chi connectivity index (χ2v) is 10.2. The molecule has 1 aromatic heterocycles. The van der Waals surface area contributed by atoms with Gasteiger partial charge in [-0.2, -0.15) is 8.42 Å². The van der Waals surface area contributed by atoms with Crippen molar-refractivity contribution in [2.45, 2.75) is 70.8 Å². The lowest BCUT2D eigenvalue weighted by atomic mass is 9.89. The highest BCUT2D eigenvalue weighted by atomic mass is 32.2.